The van der Waals surface area contributed by atoms with Gasteiger partial charge in [0, 0.05) is 17.9 Å². The number of aromatic nitrogens is 1. The standard InChI is InChI=1S/C23H28N2O3/c1-16(2)15-25-18(4)12-20(19(25)5)13-21(14-24)23(26)28-11-10-27-22-9-7-6-8-17(22)3/h6-9,12-13,16H,10-11,15H2,1-5H3/b21-13-. The van der Waals surface area contributed by atoms with Crippen molar-refractivity contribution in [2.75, 3.05) is 13.2 Å². The van der Waals surface area contributed by atoms with Gasteiger partial charge >= 0.3 is 5.97 Å². The summed E-state index contributed by atoms with van der Waals surface area (Å²) in [6.07, 6.45) is 1.60. The van der Waals surface area contributed by atoms with Crippen LogP contribution in [0.4, 0.5) is 0 Å². The third kappa shape index (κ3) is 5.50. The molecule has 0 aliphatic heterocycles. The van der Waals surface area contributed by atoms with Crippen LogP contribution in [0.3, 0.4) is 0 Å². The SMILES string of the molecule is Cc1ccccc1OCCOC(=O)/C(C#N)=C\c1cc(C)n(CC(C)C)c1C. The van der Waals surface area contributed by atoms with Gasteiger partial charge in [-0.25, -0.2) is 4.79 Å². The van der Waals surface area contributed by atoms with Crippen LogP contribution in [0, 0.1) is 38.0 Å². The van der Waals surface area contributed by atoms with Crippen molar-refractivity contribution in [3.63, 3.8) is 0 Å². The van der Waals surface area contributed by atoms with E-state index in [2.05, 4.69) is 18.4 Å². The maximum Gasteiger partial charge on any atom is 0.349 e. The van der Waals surface area contributed by atoms with Crippen LogP contribution in [0.15, 0.2) is 35.9 Å². The number of nitriles is 1. The van der Waals surface area contributed by atoms with Crippen LogP contribution in [0.25, 0.3) is 6.08 Å². The number of nitrogens with zero attached hydrogens (tertiary/aromatic N) is 2. The maximum absolute atomic E-state index is 12.3. The summed E-state index contributed by atoms with van der Waals surface area (Å²) in [5, 5.41) is 9.38. The van der Waals surface area contributed by atoms with Crippen molar-refractivity contribution in [2.24, 2.45) is 5.92 Å². The third-order valence-electron chi connectivity index (χ3n) is 4.47. The zero-order valence-electron chi connectivity index (χ0n) is 17.3. The molecule has 1 heterocycles. The van der Waals surface area contributed by atoms with Crippen molar-refractivity contribution >= 4 is 12.0 Å². The average molecular weight is 380 g/mol. The molecule has 0 spiro atoms. The predicted octanol–water partition coefficient (Wildman–Crippen LogP) is 4.60. The zero-order valence-corrected chi connectivity index (χ0v) is 17.3. The van der Waals surface area contributed by atoms with Gasteiger partial charge in [0.2, 0.25) is 0 Å². The quantitative estimate of drug-likeness (QED) is 0.291. The smallest absolute Gasteiger partial charge is 0.349 e. The van der Waals surface area contributed by atoms with Gasteiger partial charge in [0.1, 0.15) is 30.6 Å². The van der Waals surface area contributed by atoms with E-state index < -0.39 is 5.97 Å². The maximum atomic E-state index is 12.3. The van der Waals surface area contributed by atoms with Gasteiger partial charge in [-0.15, -0.1) is 0 Å². The molecule has 0 radical (unpaired) electrons. The number of hydrogen-bond donors (Lipinski definition) is 0. The molecule has 0 unspecified atom stereocenters. The van der Waals surface area contributed by atoms with Crippen LogP contribution >= 0.6 is 0 Å². The lowest BCUT2D eigenvalue weighted by Gasteiger charge is -2.12. The highest BCUT2D eigenvalue weighted by molar-refractivity contribution is 5.98. The third-order valence-corrected chi connectivity index (χ3v) is 4.47. The first-order valence-electron chi connectivity index (χ1n) is 9.47. The Morgan fingerprint density at radius 3 is 2.57 bits per heavy atom. The highest BCUT2D eigenvalue weighted by atomic mass is 16.6. The zero-order chi connectivity index (χ0) is 20.7. The van der Waals surface area contributed by atoms with Crippen LogP contribution in [-0.4, -0.2) is 23.8 Å². The molecule has 1 aromatic carbocycles. The van der Waals surface area contributed by atoms with Crippen molar-refractivity contribution < 1.29 is 14.3 Å². The van der Waals surface area contributed by atoms with Crippen molar-refractivity contribution in [3.05, 3.63) is 58.4 Å². The van der Waals surface area contributed by atoms with E-state index in [0.717, 1.165) is 34.8 Å². The molecule has 0 atom stereocenters. The molecular formula is C23H28N2O3. The molecule has 2 rings (SSSR count). The summed E-state index contributed by atoms with van der Waals surface area (Å²) in [7, 11) is 0. The topological polar surface area (TPSA) is 64.2 Å². The van der Waals surface area contributed by atoms with Crippen molar-refractivity contribution in [1.29, 1.82) is 5.26 Å². The van der Waals surface area contributed by atoms with Crippen molar-refractivity contribution in [1.82, 2.24) is 4.57 Å². The minimum absolute atomic E-state index is 0.0133. The molecule has 28 heavy (non-hydrogen) atoms. The Bertz CT molecular complexity index is 901. The molecule has 0 aliphatic carbocycles. The molecule has 0 amide bonds. The van der Waals surface area contributed by atoms with E-state index in [0.29, 0.717) is 5.92 Å². The summed E-state index contributed by atoms with van der Waals surface area (Å²) in [5.41, 5.74) is 4.01. The molecule has 0 saturated heterocycles. The largest absolute Gasteiger partial charge is 0.490 e. The van der Waals surface area contributed by atoms with Gasteiger partial charge in [-0.05, 0) is 56.0 Å². The summed E-state index contributed by atoms with van der Waals surface area (Å²) >= 11 is 0. The molecule has 5 heteroatoms. The second kappa shape index (κ2) is 9.80. The number of carbonyl (C=O) groups excluding carboxylic acids is 1. The second-order valence-corrected chi connectivity index (χ2v) is 7.25. The van der Waals surface area contributed by atoms with Crippen molar-refractivity contribution in [2.45, 2.75) is 41.2 Å². The number of benzene rings is 1. The summed E-state index contributed by atoms with van der Waals surface area (Å²) in [4.78, 5) is 12.3. The molecule has 0 aliphatic rings. The highest BCUT2D eigenvalue weighted by Crippen LogP contribution is 2.20. The van der Waals surface area contributed by atoms with Gasteiger partial charge in [-0.3, -0.25) is 0 Å². The van der Waals surface area contributed by atoms with Crippen LogP contribution in [0.2, 0.25) is 0 Å². The molecule has 148 valence electrons. The Kier molecular flexibility index (Phi) is 7.45. The molecule has 0 N–H and O–H groups in total. The first kappa shape index (κ1) is 21.3. The molecule has 1 aromatic heterocycles. The van der Waals surface area contributed by atoms with E-state index >= 15 is 0 Å². The van der Waals surface area contributed by atoms with Gasteiger partial charge < -0.3 is 14.0 Å². The summed E-state index contributed by atoms with van der Waals surface area (Å²) in [5.74, 6) is 0.631. The first-order valence-corrected chi connectivity index (χ1v) is 9.47. The summed E-state index contributed by atoms with van der Waals surface area (Å²) < 4.78 is 13.0. The van der Waals surface area contributed by atoms with E-state index in [1.54, 1.807) is 6.08 Å². The fourth-order valence-corrected chi connectivity index (χ4v) is 2.99. The molecule has 2 aromatic rings. The monoisotopic (exact) mass is 380 g/mol. The van der Waals surface area contributed by atoms with E-state index in [4.69, 9.17) is 9.47 Å². The number of rotatable bonds is 8. The molecule has 0 fully saturated rings. The first-order chi connectivity index (χ1) is 13.3. The lowest BCUT2D eigenvalue weighted by molar-refractivity contribution is -0.139. The van der Waals surface area contributed by atoms with E-state index in [1.165, 1.54) is 0 Å². The normalized spacial score (nSPS) is 11.4. The highest BCUT2D eigenvalue weighted by Gasteiger charge is 2.14. The minimum Gasteiger partial charge on any atom is -0.490 e. The van der Waals surface area contributed by atoms with Gasteiger partial charge in [-0.1, -0.05) is 32.0 Å². The number of hydrogen-bond acceptors (Lipinski definition) is 4. The molecule has 0 bridgehead atoms. The van der Waals surface area contributed by atoms with E-state index in [1.807, 2.05) is 57.2 Å². The number of esters is 1. The molecular weight excluding hydrogens is 352 g/mol. The van der Waals surface area contributed by atoms with Crippen molar-refractivity contribution in [3.8, 4) is 11.8 Å². The number of ether oxygens (including phenoxy) is 2. The minimum atomic E-state index is -0.635. The van der Waals surface area contributed by atoms with Gasteiger partial charge in [0.15, 0.2) is 0 Å². The lowest BCUT2D eigenvalue weighted by atomic mass is 10.1. The van der Waals surface area contributed by atoms with Crippen LogP contribution in [-0.2, 0) is 16.1 Å². The Labute approximate surface area is 167 Å². The predicted molar refractivity (Wildman–Crippen MR) is 110 cm³/mol. The Morgan fingerprint density at radius 1 is 1.21 bits per heavy atom. The van der Waals surface area contributed by atoms with E-state index in [9.17, 15) is 10.1 Å². The van der Waals surface area contributed by atoms with Gasteiger partial charge in [0.25, 0.3) is 0 Å². The van der Waals surface area contributed by atoms with Gasteiger partial charge in [-0.2, -0.15) is 5.26 Å². The summed E-state index contributed by atoms with van der Waals surface area (Å²) in [6.45, 7) is 11.5. The lowest BCUT2D eigenvalue weighted by Crippen LogP contribution is -2.13. The van der Waals surface area contributed by atoms with Crippen LogP contribution in [0.1, 0.15) is 36.4 Å². The molecule has 5 nitrogen and oxygen atoms in total. The van der Waals surface area contributed by atoms with Crippen LogP contribution < -0.4 is 4.74 Å². The average Bonchev–Trinajstić information content (AvgIpc) is 2.91. The Balaban J connectivity index is 2.00. The fourth-order valence-electron chi connectivity index (χ4n) is 2.99. The second-order valence-electron chi connectivity index (χ2n) is 7.25. The van der Waals surface area contributed by atoms with E-state index in [-0.39, 0.29) is 18.8 Å². The summed E-state index contributed by atoms with van der Waals surface area (Å²) in [6, 6.07) is 11.6. The number of aryl methyl sites for hydroxylation is 2. The van der Waals surface area contributed by atoms with Gasteiger partial charge in [0.05, 0.1) is 0 Å². The fraction of sp³-hybridized carbons (Fsp3) is 0.391. The number of para-hydroxylation sites is 1. The Hall–Kier alpha value is -3.00. The number of carbonyl (C=O) groups is 1. The van der Waals surface area contributed by atoms with Crippen LogP contribution in [0.5, 0.6) is 5.75 Å². The Morgan fingerprint density at radius 2 is 1.93 bits per heavy atom. The molecule has 0 saturated carbocycles.